The van der Waals surface area contributed by atoms with Crippen molar-refractivity contribution in [3.8, 4) is 5.75 Å². The Morgan fingerprint density at radius 2 is 1.97 bits per heavy atom. The van der Waals surface area contributed by atoms with Crippen LogP contribution in [0.25, 0.3) is 0 Å². The summed E-state index contributed by atoms with van der Waals surface area (Å²) >= 11 is 1.27. The molecule has 0 amide bonds. The first-order valence-electron chi connectivity index (χ1n) is 9.74. The number of benzene rings is 1. The first-order chi connectivity index (χ1) is 14.0. The van der Waals surface area contributed by atoms with Gasteiger partial charge in [-0.3, -0.25) is 4.99 Å². The monoisotopic (exact) mass is 470 g/mol. The van der Waals surface area contributed by atoms with E-state index in [1.807, 2.05) is 24.3 Å². The van der Waals surface area contributed by atoms with Crippen LogP contribution in [-0.4, -0.2) is 57.4 Å². The number of ether oxygens (including phenoxy) is 1. The minimum Gasteiger partial charge on any atom is -0.497 e. The van der Waals surface area contributed by atoms with Crippen molar-refractivity contribution in [3.05, 3.63) is 47.3 Å². The second-order valence-electron chi connectivity index (χ2n) is 7.28. The zero-order chi connectivity index (χ0) is 20.3. The van der Waals surface area contributed by atoms with Crippen LogP contribution in [0.5, 0.6) is 5.75 Å². The summed E-state index contributed by atoms with van der Waals surface area (Å²) in [4.78, 5) is 4.74. The number of amidine groups is 1. The Morgan fingerprint density at radius 3 is 2.60 bits per heavy atom. The van der Waals surface area contributed by atoms with Crippen LogP contribution in [0, 0.1) is 0 Å². The Bertz CT molecular complexity index is 954. The molecule has 2 aliphatic rings. The maximum atomic E-state index is 12.8. The lowest BCUT2D eigenvalue weighted by Gasteiger charge is -2.44. The van der Waals surface area contributed by atoms with E-state index in [1.165, 1.54) is 11.3 Å². The SMILES string of the molecule is COc1ccc(CNC2=NCCNC23CCN(S(=O)(=O)c2cccs2)CC3)cc1.Cl. The smallest absolute Gasteiger partial charge is 0.252 e. The fraction of sp³-hybridized carbons (Fsp3) is 0.450. The molecule has 0 saturated carbocycles. The average Bonchev–Trinajstić information content (AvgIpc) is 3.30. The highest BCUT2D eigenvalue weighted by Crippen LogP contribution is 2.30. The third kappa shape index (κ3) is 4.65. The lowest BCUT2D eigenvalue weighted by atomic mass is 9.85. The second kappa shape index (κ2) is 9.65. The number of sulfonamides is 1. The van der Waals surface area contributed by atoms with Gasteiger partial charge in [-0.2, -0.15) is 4.31 Å². The molecule has 0 unspecified atom stereocenters. The molecular weight excluding hydrogens is 444 g/mol. The van der Waals surface area contributed by atoms with Gasteiger partial charge in [0.2, 0.25) is 0 Å². The van der Waals surface area contributed by atoms with E-state index < -0.39 is 10.0 Å². The van der Waals surface area contributed by atoms with Gasteiger partial charge < -0.3 is 15.4 Å². The molecule has 0 atom stereocenters. The van der Waals surface area contributed by atoms with Crippen LogP contribution in [0.3, 0.4) is 0 Å². The Hall–Kier alpha value is -1.65. The number of hydrogen-bond donors (Lipinski definition) is 2. The highest BCUT2D eigenvalue weighted by Gasteiger charge is 2.43. The highest BCUT2D eigenvalue weighted by atomic mass is 35.5. The van der Waals surface area contributed by atoms with Crippen molar-refractivity contribution in [3.63, 3.8) is 0 Å². The Kier molecular flexibility index (Phi) is 7.41. The molecule has 0 aliphatic carbocycles. The Morgan fingerprint density at radius 1 is 1.23 bits per heavy atom. The first-order valence-corrected chi connectivity index (χ1v) is 12.1. The summed E-state index contributed by atoms with van der Waals surface area (Å²) in [5.41, 5.74) is 0.860. The number of piperidine rings is 1. The number of methoxy groups -OCH3 is 1. The van der Waals surface area contributed by atoms with Gasteiger partial charge in [0.05, 0.1) is 19.2 Å². The molecule has 1 fully saturated rings. The summed E-state index contributed by atoms with van der Waals surface area (Å²) in [5.74, 6) is 1.77. The van der Waals surface area contributed by atoms with E-state index in [4.69, 9.17) is 9.73 Å². The maximum absolute atomic E-state index is 12.8. The van der Waals surface area contributed by atoms with Crippen molar-refractivity contribution in [2.24, 2.45) is 4.99 Å². The number of nitrogens with zero attached hydrogens (tertiary/aromatic N) is 2. The number of aliphatic imine (C=N–C) groups is 1. The molecule has 10 heteroatoms. The lowest BCUT2D eigenvalue weighted by Crippen LogP contribution is -2.64. The van der Waals surface area contributed by atoms with Gasteiger partial charge in [-0.15, -0.1) is 23.7 Å². The summed E-state index contributed by atoms with van der Waals surface area (Å²) in [6.07, 6.45) is 1.40. The van der Waals surface area contributed by atoms with Crippen molar-refractivity contribution < 1.29 is 13.2 Å². The predicted molar refractivity (Wildman–Crippen MR) is 122 cm³/mol. The maximum Gasteiger partial charge on any atom is 0.252 e. The molecule has 164 valence electrons. The van der Waals surface area contributed by atoms with E-state index in [0.717, 1.165) is 30.2 Å². The molecule has 30 heavy (non-hydrogen) atoms. The molecule has 1 aromatic heterocycles. The van der Waals surface area contributed by atoms with E-state index >= 15 is 0 Å². The summed E-state index contributed by atoms with van der Waals surface area (Å²) in [6, 6.07) is 11.4. The van der Waals surface area contributed by atoms with Crippen molar-refractivity contribution >= 4 is 39.6 Å². The molecule has 2 aliphatic heterocycles. The molecule has 1 aromatic carbocycles. The molecule has 1 saturated heterocycles. The number of halogens is 1. The van der Waals surface area contributed by atoms with E-state index in [9.17, 15) is 8.42 Å². The summed E-state index contributed by atoms with van der Waals surface area (Å²) in [6.45, 7) is 3.17. The van der Waals surface area contributed by atoms with Crippen LogP contribution >= 0.6 is 23.7 Å². The van der Waals surface area contributed by atoms with E-state index in [1.54, 1.807) is 28.9 Å². The minimum atomic E-state index is -3.40. The van der Waals surface area contributed by atoms with Gasteiger partial charge in [-0.25, -0.2) is 8.42 Å². The molecule has 0 radical (unpaired) electrons. The first kappa shape index (κ1) is 23.0. The normalized spacial score (nSPS) is 19.0. The van der Waals surface area contributed by atoms with Crippen LogP contribution in [0.15, 0.2) is 51.0 Å². The van der Waals surface area contributed by atoms with Gasteiger partial charge in [0, 0.05) is 26.2 Å². The van der Waals surface area contributed by atoms with Gasteiger partial charge in [-0.1, -0.05) is 18.2 Å². The summed E-state index contributed by atoms with van der Waals surface area (Å²) in [7, 11) is -1.74. The van der Waals surface area contributed by atoms with E-state index in [2.05, 4.69) is 10.6 Å². The fourth-order valence-corrected chi connectivity index (χ4v) is 6.50. The Labute approximate surface area is 188 Å². The topological polar surface area (TPSA) is 83.0 Å². The molecule has 2 N–H and O–H groups in total. The summed E-state index contributed by atoms with van der Waals surface area (Å²) < 4.78 is 32.9. The minimum absolute atomic E-state index is 0. The molecule has 3 heterocycles. The van der Waals surface area contributed by atoms with Gasteiger partial charge in [-0.05, 0) is 42.0 Å². The van der Waals surface area contributed by atoms with Crippen molar-refractivity contribution in [2.75, 3.05) is 33.3 Å². The Balaban J connectivity index is 0.00000256. The molecule has 2 aromatic rings. The number of rotatable bonds is 5. The van der Waals surface area contributed by atoms with Crippen LogP contribution in [0.4, 0.5) is 0 Å². The van der Waals surface area contributed by atoms with Crippen molar-refractivity contribution in [1.82, 2.24) is 14.9 Å². The zero-order valence-corrected chi connectivity index (χ0v) is 19.3. The number of hydrogen-bond acceptors (Lipinski definition) is 7. The quantitative estimate of drug-likeness (QED) is 0.701. The average molecular weight is 471 g/mol. The standard InChI is InChI=1S/C20H26N4O3S2.ClH/c1-27-17-6-4-16(5-7-17)15-22-19-20(23-11-10-21-19)8-12-24(13-9-20)29(25,26)18-3-2-14-28-18;/h2-7,14,23H,8-13,15H2,1H3,(H,21,22);1H. The van der Waals surface area contributed by atoms with Gasteiger partial charge in [0.15, 0.2) is 0 Å². The number of nitrogens with one attached hydrogen (secondary N) is 2. The third-order valence-corrected chi connectivity index (χ3v) is 8.85. The summed E-state index contributed by atoms with van der Waals surface area (Å²) in [5, 5.41) is 8.91. The van der Waals surface area contributed by atoms with E-state index in [-0.39, 0.29) is 17.9 Å². The zero-order valence-electron chi connectivity index (χ0n) is 16.8. The van der Waals surface area contributed by atoms with Crippen LogP contribution in [0.1, 0.15) is 18.4 Å². The molecule has 7 nitrogen and oxygen atoms in total. The van der Waals surface area contributed by atoms with Crippen LogP contribution < -0.4 is 15.4 Å². The lowest BCUT2D eigenvalue weighted by molar-refractivity contribution is 0.241. The highest BCUT2D eigenvalue weighted by molar-refractivity contribution is 7.91. The van der Waals surface area contributed by atoms with Gasteiger partial charge >= 0.3 is 0 Å². The predicted octanol–water partition coefficient (Wildman–Crippen LogP) is 2.49. The van der Waals surface area contributed by atoms with E-state index in [0.29, 0.717) is 36.7 Å². The van der Waals surface area contributed by atoms with Crippen molar-refractivity contribution in [1.29, 1.82) is 0 Å². The fourth-order valence-electron chi connectivity index (χ4n) is 3.91. The third-order valence-electron chi connectivity index (χ3n) is 5.58. The molecule has 4 rings (SSSR count). The van der Waals surface area contributed by atoms with Gasteiger partial charge in [0.25, 0.3) is 10.0 Å². The molecular formula is C20H27ClN4O3S2. The second-order valence-corrected chi connectivity index (χ2v) is 10.4. The molecule has 1 spiro atoms. The largest absolute Gasteiger partial charge is 0.497 e. The number of thiophene rings is 1. The molecule has 0 bridgehead atoms. The van der Waals surface area contributed by atoms with Crippen LogP contribution in [-0.2, 0) is 16.6 Å². The van der Waals surface area contributed by atoms with Crippen LogP contribution in [0.2, 0.25) is 0 Å². The van der Waals surface area contributed by atoms with Crippen molar-refractivity contribution in [2.45, 2.75) is 29.1 Å². The van der Waals surface area contributed by atoms with Gasteiger partial charge in [0.1, 0.15) is 15.8 Å².